The number of hydrogen-bond acceptors (Lipinski definition) is 2. The summed E-state index contributed by atoms with van der Waals surface area (Å²) in [7, 11) is 0. The molecule has 0 amide bonds. The highest BCUT2D eigenvalue weighted by atomic mass is 19.4. The molecule has 1 heterocycles. The molecule has 2 nitrogen and oxygen atoms in total. The summed E-state index contributed by atoms with van der Waals surface area (Å²) >= 11 is 0. The third-order valence-corrected chi connectivity index (χ3v) is 4.28. The molecule has 8 heteroatoms. The summed E-state index contributed by atoms with van der Waals surface area (Å²) in [6.07, 6.45) is -8.48. The van der Waals surface area contributed by atoms with Crippen molar-refractivity contribution < 1.29 is 26.3 Å². The molecule has 1 aromatic heterocycles. The Balaban J connectivity index is 2.28. The first-order valence-corrected chi connectivity index (χ1v) is 8.32. The lowest BCUT2D eigenvalue weighted by atomic mass is 9.93. The smallest absolute Gasteiger partial charge is 0.259 e. The number of hydrogen-bond donors (Lipinski definition) is 0. The van der Waals surface area contributed by atoms with Gasteiger partial charge in [-0.25, -0.2) is 0 Å². The molecule has 0 unspecified atom stereocenters. The fourth-order valence-corrected chi connectivity index (χ4v) is 3.04. The highest BCUT2D eigenvalue weighted by Crippen LogP contribution is 2.41. The number of benzene rings is 2. The van der Waals surface area contributed by atoms with Crippen molar-refractivity contribution >= 4 is 0 Å². The zero-order chi connectivity index (χ0) is 21.2. The van der Waals surface area contributed by atoms with E-state index in [2.05, 4.69) is 4.98 Å². The lowest BCUT2D eigenvalue weighted by Gasteiger charge is -2.17. The molecule has 0 aliphatic rings. The summed E-state index contributed by atoms with van der Waals surface area (Å²) in [5.41, 5.74) is -2.31. The standard InChI is InChI=1S/C21H12F6N2/c22-20(23,24)17-7-3-1-5-14(17)13-11-16(19(9-10-28)29-12-13)15-6-2-4-8-18(15)21(25,26)27/h1-8,11-12H,9H2. The van der Waals surface area contributed by atoms with Gasteiger partial charge in [0, 0.05) is 17.3 Å². The van der Waals surface area contributed by atoms with E-state index < -0.39 is 23.5 Å². The largest absolute Gasteiger partial charge is 0.417 e. The number of rotatable bonds is 3. The Labute approximate surface area is 162 Å². The van der Waals surface area contributed by atoms with Crippen LogP contribution in [0.1, 0.15) is 16.8 Å². The molecule has 0 saturated heterocycles. The predicted octanol–water partition coefficient (Wildman–Crippen LogP) is 6.52. The molecule has 3 aromatic rings. The number of alkyl halides is 6. The highest BCUT2D eigenvalue weighted by molar-refractivity contribution is 5.77. The van der Waals surface area contributed by atoms with Crippen molar-refractivity contribution in [3.63, 3.8) is 0 Å². The van der Waals surface area contributed by atoms with Gasteiger partial charge in [0.05, 0.1) is 29.3 Å². The van der Waals surface area contributed by atoms with Crippen LogP contribution in [0.5, 0.6) is 0 Å². The van der Waals surface area contributed by atoms with Gasteiger partial charge in [0.15, 0.2) is 0 Å². The zero-order valence-corrected chi connectivity index (χ0v) is 14.6. The summed E-state index contributed by atoms with van der Waals surface area (Å²) in [5, 5.41) is 9.00. The van der Waals surface area contributed by atoms with Crippen LogP contribution in [0.15, 0.2) is 60.8 Å². The van der Waals surface area contributed by atoms with Gasteiger partial charge in [-0.1, -0.05) is 36.4 Å². The Kier molecular flexibility index (Phi) is 5.33. The first-order valence-electron chi connectivity index (χ1n) is 8.32. The summed E-state index contributed by atoms with van der Waals surface area (Å²) in [6.45, 7) is 0. The van der Waals surface area contributed by atoms with E-state index in [-0.39, 0.29) is 34.4 Å². The molecule has 2 aromatic carbocycles. The molecule has 148 valence electrons. The summed E-state index contributed by atoms with van der Waals surface area (Å²) in [5.74, 6) is 0. The van der Waals surface area contributed by atoms with Gasteiger partial charge >= 0.3 is 12.4 Å². The first-order chi connectivity index (χ1) is 13.6. The van der Waals surface area contributed by atoms with E-state index in [0.717, 1.165) is 18.3 Å². The molecule has 29 heavy (non-hydrogen) atoms. The Hall–Kier alpha value is -3.34. The molecule has 0 radical (unpaired) electrons. The quantitative estimate of drug-likeness (QED) is 0.465. The maximum atomic E-state index is 13.5. The first kappa shape index (κ1) is 20.4. The lowest BCUT2D eigenvalue weighted by Crippen LogP contribution is -2.09. The van der Waals surface area contributed by atoms with Crippen molar-refractivity contribution in [3.05, 3.63) is 77.6 Å². The van der Waals surface area contributed by atoms with Crippen LogP contribution in [0, 0.1) is 11.3 Å². The summed E-state index contributed by atoms with van der Waals surface area (Å²) < 4.78 is 80.5. The van der Waals surface area contributed by atoms with Gasteiger partial charge in [0.1, 0.15) is 0 Å². The van der Waals surface area contributed by atoms with Crippen molar-refractivity contribution in [3.8, 4) is 28.3 Å². The average Bonchev–Trinajstić information content (AvgIpc) is 2.67. The zero-order valence-electron chi connectivity index (χ0n) is 14.6. The Morgan fingerprint density at radius 1 is 0.759 bits per heavy atom. The van der Waals surface area contributed by atoms with Crippen molar-refractivity contribution in [2.24, 2.45) is 0 Å². The van der Waals surface area contributed by atoms with Crippen LogP contribution in [-0.4, -0.2) is 4.98 Å². The summed E-state index contributed by atoms with van der Waals surface area (Å²) in [4.78, 5) is 4.01. The Bertz CT molecular complexity index is 1080. The van der Waals surface area contributed by atoms with Crippen LogP contribution in [0.2, 0.25) is 0 Å². The van der Waals surface area contributed by atoms with E-state index in [4.69, 9.17) is 5.26 Å². The van der Waals surface area contributed by atoms with Gasteiger partial charge in [-0.2, -0.15) is 31.6 Å². The topological polar surface area (TPSA) is 36.7 Å². The fourth-order valence-electron chi connectivity index (χ4n) is 3.04. The molecule has 0 spiro atoms. The van der Waals surface area contributed by atoms with E-state index in [1.54, 1.807) is 0 Å². The molecule has 0 atom stereocenters. The van der Waals surface area contributed by atoms with Crippen molar-refractivity contribution in [2.75, 3.05) is 0 Å². The second kappa shape index (κ2) is 7.59. The molecular weight excluding hydrogens is 394 g/mol. The second-order valence-electron chi connectivity index (χ2n) is 6.14. The minimum Gasteiger partial charge on any atom is -0.259 e. The van der Waals surface area contributed by atoms with Gasteiger partial charge in [-0.15, -0.1) is 0 Å². The van der Waals surface area contributed by atoms with E-state index in [9.17, 15) is 26.3 Å². The number of aromatic nitrogens is 1. The van der Waals surface area contributed by atoms with E-state index >= 15 is 0 Å². The molecular formula is C21H12F6N2. The van der Waals surface area contributed by atoms with Gasteiger partial charge in [0.2, 0.25) is 0 Å². The van der Waals surface area contributed by atoms with Crippen LogP contribution in [0.3, 0.4) is 0 Å². The van der Waals surface area contributed by atoms with Gasteiger partial charge < -0.3 is 0 Å². The predicted molar refractivity (Wildman–Crippen MR) is 94.4 cm³/mol. The molecule has 0 aliphatic heterocycles. The fraction of sp³-hybridized carbons (Fsp3) is 0.143. The van der Waals surface area contributed by atoms with Crippen molar-refractivity contribution in [2.45, 2.75) is 18.8 Å². The van der Waals surface area contributed by atoms with Crippen LogP contribution in [-0.2, 0) is 18.8 Å². The van der Waals surface area contributed by atoms with Crippen LogP contribution >= 0.6 is 0 Å². The number of halogens is 6. The van der Waals surface area contributed by atoms with Crippen LogP contribution in [0.4, 0.5) is 26.3 Å². The van der Waals surface area contributed by atoms with Gasteiger partial charge in [0.25, 0.3) is 0 Å². The molecule has 0 fully saturated rings. The van der Waals surface area contributed by atoms with Gasteiger partial charge in [-0.05, 0) is 29.3 Å². The SMILES string of the molecule is N#CCc1ncc(-c2ccccc2C(F)(F)F)cc1-c1ccccc1C(F)(F)F. The minimum atomic E-state index is -4.68. The number of pyridine rings is 1. The Morgan fingerprint density at radius 3 is 1.83 bits per heavy atom. The van der Waals surface area contributed by atoms with E-state index in [1.807, 2.05) is 6.07 Å². The van der Waals surface area contributed by atoms with Crippen molar-refractivity contribution in [1.82, 2.24) is 4.98 Å². The molecule has 0 N–H and O–H groups in total. The third-order valence-electron chi connectivity index (χ3n) is 4.28. The number of nitrogens with zero attached hydrogens (tertiary/aromatic N) is 2. The minimum absolute atomic E-state index is 0.00610. The third kappa shape index (κ3) is 4.24. The Morgan fingerprint density at radius 2 is 1.28 bits per heavy atom. The monoisotopic (exact) mass is 406 g/mol. The molecule has 0 bridgehead atoms. The molecule has 3 rings (SSSR count). The molecule has 0 aliphatic carbocycles. The number of nitriles is 1. The normalized spacial score (nSPS) is 11.9. The average molecular weight is 406 g/mol. The van der Waals surface area contributed by atoms with Crippen LogP contribution in [0.25, 0.3) is 22.3 Å². The van der Waals surface area contributed by atoms with E-state index in [1.165, 1.54) is 42.5 Å². The van der Waals surface area contributed by atoms with Gasteiger partial charge in [-0.3, -0.25) is 4.98 Å². The second-order valence-corrected chi connectivity index (χ2v) is 6.14. The highest BCUT2D eigenvalue weighted by Gasteiger charge is 2.35. The van der Waals surface area contributed by atoms with Crippen LogP contribution < -0.4 is 0 Å². The molecule has 0 saturated carbocycles. The summed E-state index contributed by atoms with van der Waals surface area (Å²) in [6, 6.07) is 12.5. The maximum Gasteiger partial charge on any atom is 0.417 e. The lowest BCUT2D eigenvalue weighted by molar-refractivity contribution is -0.137. The maximum absolute atomic E-state index is 13.5. The van der Waals surface area contributed by atoms with Crippen molar-refractivity contribution in [1.29, 1.82) is 5.26 Å². The van der Waals surface area contributed by atoms with E-state index in [0.29, 0.717) is 0 Å².